The molecule has 0 aliphatic heterocycles. The highest BCUT2D eigenvalue weighted by molar-refractivity contribution is 5.79. The van der Waals surface area contributed by atoms with Gasteiger partial charge in [0.2, 0.25) is 5.95 Å². The molecule has 1 aromatic heterocycles. The molecule has 0 atom stereocenters. The summed E-state index contributed by atoms with van der Waals surface area (Å²) in [5.74, 6) is 1.77. The summed E-state index contributed by atoms with van der Waals surface area (Å²) >= 11 is 0. The standard InChI is InChI=1S/C16H17N3O/c1-18(12-8-10-13(20-3)11-9-12)16-17-14-6-4-5-7-15(14)19(16)2/h4-11H,1-3H3. The number of aromatic nitrogens is 2. The van der Waals surface area contributed by atoms with Crippen LogP contribution in [0.4, 0.5) is 11.6 Å². The second-order valence-electron chi connectivity index (χ2n) is 4.72. The molecule has 2 aromatic carbocycles. The summed E-state index contributed by atoms with van der Waals surface area (Å²) < 4.78 is 7.28. The Morgan fingerprint density at radius 1 is 1.05 bits per heavy atom. The molecule has 0 N–H and O–H groups in total. The van der Waals surface area contributed by atoms with Crippen molar-refractivity contribution in [2.75, 3.05) is 19.1 Å². The van der Waals surface area contributed by atoms with Gasteiger partial charge < -0.3 is 14.2 Å². The number of hydrogen-bond donors (Lipinski definition) is 0. The monoisotopic (exact) mass is 267 g/mol. The lowest BCUT2D eigenvalue weighted by Gasteiger charge is -2.18. The Hall–Kier alpha value is -2.49. The first kappa shape index (κ1) is 12.5. The topological polar surface area (TPSA) is 30.3 Å². The minimum atomic E-state index is 0.854. The van der Waals surface area contributed by atoms with Crippen LogP contribution in [0.25, 0.3) is 11.0 Å². The van der Waals surface area contributed by atoms with E-state index in [1.807, 2.05) is 56.6 Å². The van der Waals surface area contributed by atoms with Gasteiger partial charge in [-0.3, -0.25) is 0 Å². The first-order chi connectivity index (χ1) is 9.70. The van der Waals surface area contributed by atoms with Gasteiger partial charge in [-0.1, -0.05) is 12.1 Å². The van der Waals surface area contributed by atoms with Gasteiger partial charge >= 0.3 is 0 Å². The first-order valence-corrected chi connectivity index (χ1v) is 6.50. The number of hydrogen-bond acceptors (Lipinski definition) is 3. The number of para-hydroxylation sites is 2. The Kier molecular flexibility index (Phi) is 3.06. The van der Waals surface area contributed by atoms with Gasteiger partial charge in [-0.05, 0) is 36.4 Å². The van der Waals surface area contributed by atoms with Crippen molar-refractivity contribution in [2.24, 2.45) is 7.05 Å². The summed E-state index contributed by atoms with van der Waals surface area (Å²) in [7, 11) is 5.72. The molecule has 4 nitrogen and oxygen atoms in total. The number of benzene rings is 2. The summed E-state index contributed by atoms with van der Waals surface area (Å²) in [6.45, 7) is 0. The predicted octanol–water partition coefficient (Wildman–Crippen LogP) is 3.35. The Morgan fingerprint density at radius 2 is 1.75 bits per heavy atom. The molecule has 0 saturated carbocycles. The first-order valence-electron chi connectivity index (χ1n) is 6.50. The molecule has 0 spiro atoms. The van der Waals surface area contributed by atoms with E-state index in [2.05, 4.69) is 20.5 Å². The number of ether oxygens (including phenoxy) is 1. The molecular formula is C16H17N3O. The van der Waals surface area contributed by atoms with Crippen LogP contribution in [0.3, 0.4) is 0 Å². The highest BCUT2D eigenvalue weighted by Gasteiger charge is 2.12. The number of anilines is 2. The number of nitrogens with zero attached hydrogens (tertiary/aromatic N) is 3. The van der Waals surface area contributed by atoms with Gasteiger partial charge in [0.05, 0.1) is 18.1 Å². The molecular weight excluding hydrogens is 250 g/mol. The van der Waals surface area contributed by atoms with Gasteiger partial charge in [0, 0.05) is 19.8 Å². The summed E-state index contributed by atoms with van der Waals surface area (Å²) in [6.07, 6.45) is 0. The van der Waals surface area contributed by atoms with Crippen molar-refractivity contribution in [1.82, 2.24) is 9.55 Å². The molecule has 3 rings (SSSR count). The van der Waals surface area contributed by atoms with Crippen LogP contribution in [0.15, 0.2) is 48.5 Å². The number of aryl methyl sites for hydroxylation is 1. The number of rotatable bonds is 3. The molecule has 0 saturated heterocycles. The fourth-order valence-corrected chi connectivity index (χ4v) is 2.35. The second-order valence-corrected chi connectivity index (χ2v) is 4.72. The van der Waals surface area contributed by atoms with Crippen LogP contribution in [0.5, 0.6) is 5.75 Å². The normalized spacial score (nSPS) is 10.8. The molecule has 0 amide bonds. The van der Waals surface area contributed by atoms with Gasteiger partial charge in [-0.2, -0.15) is 0 Å². The smallest absolute Gasteiger partial charge is 0.210 e. The lowest BCUT2D eigenvalue weighted by Crippen LogP contribution is -2.14. The fraction of sp³-hybridized carbons (Fsp3) is 0.188. The summed E-state index contributed by atoms with van der Waals surface area (Å²) in [5.41, 5.74) is 3.21. The average Bonchev–Trinajstić information content (AvgIpc) is 2.84. The summed E-state index contributed by atoms with van der Waals surface area (Å²) in [4.78, 5) is 6.76. The van der Waals surface area contributed by atoms with E-state index < -0.39 is 0 Å². The van der Waals surface area contributed by atoms with Crippen molar-refractivity contribution in [3.8, 4) is 5.75 Å². The van der Waals surface area contributed by atoms with Gasteiger partial charge in [-0.15, -0.1) is 0 Å². The van der Waals surface area contributed by atoms with Gasteiger partial charge in [0.1, 0.15) is 5.75 Å². The van der Waals surface area contributed by atoms with Crippen LogP contribution in [0.2, 0.25) is 0 Å². The molecule has 0 aliphatic rings. The maximum atomic E-state index is 5.19. The zero-order chi connectivity index (χ0) is 14.1. The Morgan fingerprint density at radius 3 is 2.40 bits per heavy atom. The molecule has 0 fully saturated rings. The molecule has 0 radical (unpaired) electrons. The van der Waals surface area contributed by atoms with Crippen molar-refractivity contribution in [3.63, 3.8) is 0 Å². The van der Waals surface area contributed by atoms with Crippen LogP contribution >= 0.6 is 0 Å². The Balaban J connectivity index is 2.02. The molecule has 20 heavy (non-hydrogen) atoms. The third-order valence-corrected chi connectivity index (χ3v) is 3.52. The van der Waals surface area contributed by atoms with Gasteiger partial charge in [0.25, 0.3) is 0 Å². The number of methoxy groups -OCH3 is 1. The van der Waals surface area contributed by atoms with Crippen molar-refractivity contribution in [1.29, 1.82) is 0 Å². The molecule has 4 heteroatoms. The molecule has 3 aromatic rings. The fourth-order valence-electron chi connectivity index (χ4n) is 2.35. The number of fused-ring (bicyclic) bond motifs is 1. The van der Waals surface area contributed by atoms with Crippen molar-refractivity contribution in [2.45, 2.75) is 0 Å². The van der Waals surface area contributed by atoms with E-state index in [4.69, 9.17) is 4.74 Å². The van der Waals surface area contributed by atoms with Crippen molar-refractivity contribution in [3.05, 3.63) is 48.5 Å². The summed E-state index contributed by atoms with van der Waals surface area (Å²) in [5, 5.41) is 0. The predicted molar refractivity (Wildman–Crippen MR) is 81.8 cm³/mol. The van der Waals surface area contributed by atoms with Gasteiger partial charge in [0.15, 0.2) is 0 Å². The van der Waals surface area contributed by atoms with Crippen molar-refractivity contribution >= 4 is 22.7 Å². The van der Waals surface area contributed by atoms with Crippen LogP contribution in [-0.2, 0) is 7.05 Å². The SMILES string of the molecule is COc1ccc(N(C)c2nc3ccccc3n2C)cc1. The largest absolute Gasteiger partial charge is 0.497 e. The quantitative estimate of drug-likeness (QED) is 0.729. The minimum absolute atomic E-state index is 0.854. The molecule has 0 unspecified atom stereocenters. The zero-order valence-corrected chi connectivity index (χ0v) is 11.9. The van der Waals surface area contributed by atoms with E-state index in [0.717, 1.165) is 28.4 Å². The maximum absolute atomic E-state index is 5.19. The van der Waals surface area contributed by atoms with Crippen LogP contribution in [0, 0.1) is 0 Å². The van der Waals surface area contributed by atoms with E-state index in [1.54, 1.807) is 7.11 Å². The van der Waals surface area contributed by atoms with E-state index in [1.165, 1.54) is 0 Å². The molecule has 1 heterocycles. The second kappa shape index (κ2) is 4.89. The highest BCUT2D eigenvalue weighted by atomic mass is 16.5. The third kappa shape index (κ3) is 1.99. The third-order valence-electron chi connectivity index (χ3n) is 3.52. The minimum Gasteiger partial charge on any atom is -0.497 e. The van der Waals surface area contributed by atoms with E-state index >= 15 is 0 Å². The molecule has 102 valence electrons. The summed E-state index contributed by atoms with van der Waals surface area (Å²) in [6, 6.07) is 16.1. The van der Waals surface area contributed by atoms with E-state index in [-0.39, 0.29) is 0 Å². The van der Waals surface area contributed by atoms with Crippen molar-refractivity contribution < 1.29 is 4.74 Å². The van der Waals surface area contributed by atoms with Crippen LogP contribution in [0.1, 0.15) is 0 Å². The Bertz CT molecular complexity index is 731. The van der Waals surface area contributed by atoms with E-state index in [9.17, 15) is 0 Å². The molecule has 0 bridgehead atoms. The van der Waals surface area contributed by atoms with Gasteiger partial charge in [-0.25, -0.2) is 4.98 Å². The van der Waals surface area contributed by atoms with E-state index in [0.29, 0.717) is 0 Å². The number of imidazole rings is 1. The highest BCUT2D eigenvalue weighted by Crippen LogP contribution is 2.27. The lowest BCUT2D eigenvalue weighted by molar-refractivity contribution is 0.415. The Labute approximate surface area is 118 Å². The molecule has 0 aliphatic carbocycles. The average molecular weight is 267 g/mol. The lowest BCUT2D eigenvalue weighted by atomic mass is 10.3. The zero-order valence-electron chi connectivity index (χ0n) is 11.9. The van der Waals surface area contributed by atoms with Crippen LogP contribution < -0.4 is 9.64 Å². The maximum Gasteiger partial charge on any atom is 0.210 e. The van der Waals surface area contributed by atoms with Crippen LogP contribution in [-0.4, -0.2) is 23.7 Å².